The summed E-state index contributed by atoms with van der Waals surface area (Å²) in [7, 11) is 6.58. The molecule has 2 aromatic carbocycles. The van der Waals surface area contributed by atoms with Crippen molar-refractivity contribution in [3.63, 3.8) is 0 Å². The smallest absolute Gasteiger partial charge is 0.346 e. The van der Waals surface area contributed by atoms with Gasteiger partial charge in [-0.05, 0) is 74.2 Å². The molecule has 6 atom stereocenters. The van der Waals surface area contributed by atoms with Gasteiger partial charge in [-0.25, -0.2) is 14.6 Å². The van der Waals surface area contributed by atoms with Crippen LogP contribution in [0.2, 0.25) is 0 Å². The molecule has 376 valence electrons. The maximum absolute atomic E-state index is 13.4. The number of carbonyl (C=O) groups excluding carboxylic acids is 2. The van der Waals surface area contributed by atoms with E-state index in [4.69, 9.17) is 23.0 Å². The minimum absolute atomic E-state index is 0. The Bertz CT molecular complexity index is 2310. The number of benzene rings is 2. The molecule has 3 aromatic heterocycles. The summed E-state index contributed by atoms with van der Waals surface area (Å²) in [6, 6.07) is 25.3. The zero-order valence-electron chi connectivity index (χ0n) is 40.9. The van der Waals surface area contributed by atoms with E-state index in [1.807, 2.05) is 24.3 Å². The highest BCUT2D eigenvalue weighted by Crippen LogP contribution is 2.43. The molecule has 2 aliphatic carbocycles. The highest BCUT2D eigenvalue weighted by atomic mass is 35.5. The number of fused-ring (bicyclic) bond motifs is 1. The van der Waals surface area contributed by atoms with Crippen LogP contribution < -0.4 is 9.64 Å². The molecule has 0 bridgehead atoms. The number of carbonyl (C=O) groups is 2. The van der Waals surface area contributed by atoms with Gasteiger partial charge in [-0.2, -0.15) is 0 Å². The summed E-state index contributed by atoms with van der Waals surface area (Å²) in [4.78, 5) is 33.5. The number of nitrogens with zero attached hydrogens (tertiary/aromatic N) is 4. The predicted molar refractivity (Wildman–Crippen MR) is 270 cm³/mol. The molecule has 0 radical (unpaired) electrons. The Morgan fingerprint density at radius 1 is 0.696 bits per heavy atom. The molecule has 69 heavy (non-hydrogen) atoms. The first-order valence-corrected chi connectivity index (χ1v) is 26.1. The van der Waals surface area contributed by atoms with Crippen molar-refractivity contribution in [1.82, 2.24) is 4.98 Å². The maximum Gasteiger partial charge on any atom is 0.346 e. The van der Waals surface area contributed by atoms with Crippen LogP contribution in [0.1, 0.15) is 101 Å². The summed E-state index contributed by atoms with van der Waals surface area (Å²) in [5.41, 5.74) is -1.19. The van der Waals surface area contributed by atoms with Gasteiger partial charge in [0.1, 0.15) is 24.6 Å². The summed E-state index contributed by atoms with van der Waals surface area (Å²) in [5, 5.41) is 23.9. The lowest BCUT2D eigenvalue weighted by molar-refractivity contribution is -0.899. The first kappa shape index (κ1) is 52.4. The molecular formula is C54H75ClN4O9S+2. The molecule has 2 saturated carbocycles. The van der Waals surface area contributed by atoms with Crippen molar-refractivity contribution in [3.05, 3.63) is 103 Å². The number of hydrogen-bond donors (Lipinski definition) is 2. The zero-order chi connectivity index (χ0) is 47.6. The number of hydrogen-bond acceptors (Lipinski definition) is 12. The second-order valence-electron chi connectivity index (χ2n) is 20.5. The standard InChI is InChI=1S/C27H35N2O5S.C27H39N2O4.ClH/c1-29(15-8-18-33-26-28-22-11-5-6-12-23(22)35-26)16-14-21(19-29)34-25(30)27(31,24-13-7-17-32-24)20-9-3-2-4-10-20;1-28(23-13-7-4-8-14-23)17-10-18-29(2)19-16-24(21-29)33-26(30)27(31,25-15-9-20-32-25)22-11-5-3-6-12-22;/h5-7,11-13,17,20-21,31H,2-4,8-10,14-16,18-19H2,1H3;4,7-9,13-15,20,22,24,31H,3,5-6,10-12,16-19,21H2,1-2H3;1H/q2*+1;/t;24-,27?,29?;/m.1./s1. The molecular weight excluding hydrogens is 916 g/mol. The second kappa shape index (κ2) is 23.6. The van der Waals surface area contributed by atoms with Crippen LogP contribution in [0.25, 0.3) is 10.2 Å². The Morgan fingerprint density at radius 3 is 1.71 bits per heavy atom. The Hall–Kier alpha value is -4.44. The Labute approximate surface area is 418 Å². The number of anilines is 1. The van der Waals surface area contributed by atoms with Gasteiger partial charge in [0, 0.05) is 56.8 Å². The van der Waals surface area contributed by atoms with E-state index in [0.29, 0.717) is 23.3 Å². The number of halogens is 1. The summed E-state index contributed by atoms with van der Waals surface area (Å²) in [6.07, 6.45) is 15.9. The van der Waals surface area contributed by atoms with Crippen molar-refractivity contribution >= 4 is 51.6 Å². The van der Waals surface area contributed by atoms with Crippen LogP contribution in [0.15, 0.2) is 100 Å². The summed E-state index contributed by atoms with van der Waals surface area (Å²) >= 11 is 1.57. The Morgan fingerprint density at radius 2 is 1.20 bits per heavy atom. The lowest BCUT2D eigenvalue weighted by atomic mass is 9.75. The molecule has 4 fully saturated rings. The third kappa shape index (κ3) is 12.7. The van der Waals surface area contributed by atoms with Gasteiger partial charge >= 0.3 is 11.9 Å². The molecule has 5 heterocycles. The average Bonchev–Trinajstić information content (AvgIpc) is 4.24. The number of furan rings is 2. The van der Waals surface area contributed by atoms with Gasteiger partial charge < -0.3 is 47.1 Å². The molecule has 4 aliphatic rings. The first-order chi connectivity index (χ1) is 32.9. The zero-order valence-corrected chi connectivity index (χ0v) is 42.5. The van der Waals surface area contributed by atoms with E-state index >= 15 is 0 Å². The van der Waals surface area contributed by atoms with Crippen molar-refractivity contribution in [2.24, 2.45) is 11.8 Å². The molecule has 13 nitrogen and oxygen atoms in total. The monoisotopic (exact) mass is 990 g/mol. The lowest BCUT2D eigenvalue weighted by Gasteiger charge is -2.35. The average molecular weight is 992 g/mol. The van der Waals surface area contributed by atoms with Gasteiger partial charge in [-0.3, -0.25) is 0 Å². The number of para-hydroxylation sites is 2. The molecule has 9 rings (SSSR count). The number of aromatic nitrogens is 1. The lowest BCUT2D eigenvalue weighted by Crippen LogP contribution is -2.48. The summed E-state index contributed by atoms with van der Waals surface area (Å²) in [5.74, 6) is -0.795. The molecule has 5 unspecified atom stereocenters. The quantitative estimate of drug-likeness (QED) is 0.0492. The molecule has 2 saturated heterocycles. The third-order valence-corrected chi connectivity index (χ3v) is 16.3. The van der Waals surface area contributed by atoms with Crippen molar-refractivity contribution < 1.29 is 51.8 Å². The van der Waals surface area contributed by atoms with Gasteiger partial charge in [0.2, 0.25) is 11.2 Å². The minimum atomic E-state index is -1.71. The van der Waals surface area contributed by atoms with E-state index in [9.17, 15) is 19.8 Å². The van der Waals surface area contributed by atoms with E-state index in [1.54, 1.807) is 35.6 Å². The van der Waals surface area contributed by atoms with Crippen LogP contribution in [0.3, 0.4) is 0 Å². The Kier molecular flexibility index (Phi) is 18.0. The van der Waals surface area contributed by atoms with Crippen molar-refractivity contribution in [2.45, 2.75) is 113 Å². The van der Waals surface area contributed by atoms with Crippen LogP contribution in [-0.2, 0) is 30.3 Å². The van der Waals surface area contributed by atoms with E-state index in [-0.39, 0.29) is 36.5 Å². The highest BCUT2D eigenvalue weighted by Gasteiger charge is 2.53. The second-order valence-corrected chi connectivity index (χ2v) is 21.5. The number of aliphatic hydroxyl groups is 2. The van der Waals surface area contributed by atoms with Crippen molar-refractivity contribution in [2.75, 3.05) is 78.5 Å². The molecule has 5 aromatic rings. The first-order valence-electron chi connectivity index (χ1n) is 25.2. The van der Waals surface area contributed by atoms with Gasteiger partial charge in [0.05, 0.1) is 69.6 Å². The SMILES string of the molecule is CN(CCC[N+]1(C)CC[C@@H](OC(=O)C(O)(c2ccco2)C2CCCCC2)C1)c1ccccc1.C[N+]1(CCCOc2nc3ccccc3s2)CCC(OC(=O)C(O)(c2ccco2)C2CCCCC2)C1.Cl. The molecule has 15 heteroatoms. The number of likely N-dealkylation sites (tertiary alicyclic amines) is 2. The predicted octanol–water partition coefficient (Wildman–Crippen LogP) is 9.65. The normalized spacial score (nSPS) is 24.8. The molecule has 0 spiro atoms. The van der Waals surface area contributed by atoms with Gasteiger partial charge in [0.25, 0.3) is 5.19 Å². The molecule has 0 amide bonds. The Balaban J connectivity index is 0.000000201. The van der Waals surface area contributed by atoms with E-state index < -0.39 is 23.1 Å². The number of quaternary nitrogens is 2. The molecule has 2 aliphatic heterocycles. The summed E-state index contributed by atoms with van der Waals surface area (Å²) < 4.78 is 31.7. The van der Waals surface area contributed by atoms with Crippen LogP contribution in [0.4, 0.5) is 5.69 Å². The fraction of sp³-hybridized carbons (Fsp3) is 0.574. The number of ether oxygens (including phenoxy) is 3. The van der Waals surface area contributed by atoms with Gasteiger partial charge in [0.15, 0.2) is 12.2 Å². The van der Waals surface area contributed by atoms with Crippen LogP contribution >= 0.6 is 23.7 Å². The fourth-order valence-corrected chi connectivity index (χ4v) is 12.2. The van der Waals surface area contributed by atoms with Gasteiger partial charge in [-0.15, -0.1) is 12.4 Å². The number of thiazole rings is 1. The molecule has 2 N–H and O–H groups in total. The van der Waals surface area contributed by atoms with Crippen LogP contribution in [0, 0.1) is 11.8 Å². The third-order valence-electron chi connectivity index (χ3n) is 15.4. The topological polar surface area (TPSA) is 145 Å². The number of esters is 2. The van der Waals surface area contributed by atoms with E-state index in [2.05, 4.69) is 61.4 Å². The van der Waals surface area contributed by atoms with Gasteiger partial charge in [-0.1, -0.05) is 80.2 Å². The fourth-order valence-electron chi connectivity index (χ4n) is 11.3. The highest BCUT2D eigenvalue weighted by molar-refractivity contribution is 7.20. The van der Waals surface area contributed by atoms with Crippen molar-refractivity contribution in [3.8, 4) is 5.19 Å². The van der Waals surface area contributed by atoms with Crippen molar-refractivity contribution in [1.29, 1.82) is 0 Å². The minimum Gasteiger partial charge on any atom is -0.470 e. The summed E-state index contributed by atoms with van der Waals surface area (Å²) in [6.45, 7) is 7.02. The number of rotatable bonds is 18. The van der Waals surface area contributed by atoms with Crippen LogP contribution in [-0.4, -0.2) is 122 Å². The van der Waals surface area contributed by atoms with Crippen LogP contribution in [0.5, 0.6) is 5.19 Å². The largest absolute Gasteiger partial charge is 0.470 e. The maximum atomic E-state index is 13.4. The number of likely N-dealkylation sites (N-methyl/N-ethyl adjacent to an activating group) is 2. The van der Waals surface area contributed by atoms with E-state index in [0.717, 1.165) is 155 Å². The van der Waals surface area contributed by atoms with E-state index in [1.165, 1.54) is 18.2 Å².